The van der Waals surface area contributed by atoms with Crippen LogP contribution in [0.3, 0.4) is 0 Å². The minimum absolute atomic E-state index is 0.222. The number of alkyl halides is 1. The second-order valence-electron chi connectivity index (χ2n) is 4.74. The summed E-state index contributed by atoms with van der Waals surface area (Å²) in [5, 5.41) is 0.458. The van der Waals surface area contributed by atoms with Crippen LogP contribution in [-0.2, 0) is 0 Å². The van der Waals surface area contributed by atoms with Crippen molar-refractivity contribution in [3.8, 4) is 5.69 Å². The number of benzene rings is 1. The minimum Gasteiger partial charge on any atom is -0.293 e. The Morgan fingerprint density at radius 3 is 2.75 bits per heavy atom. The molecule has 102 valence electrons. The van der Waals surface area contributed by atoms with Crippen LogP contribution < -0.4 is 0 Å². The molecule has 1 atom stereocenters. The van der Waals surface area contributed by atoms with Crippen molar-refractivity contribution < 1.29 is 0 Å². The van der Waals surface area contributed by atoms with E-state index in [1.54, 1.807) is 12.4 Å². The smallest absolute Gasteiger partial charge is 0.132 e. The molecule has 0 aliphatic rings. The standard InChI is InChI=1S/C15H13Cl2N3/c1-9-3-4-13(11(17)7-9)20-14-5-6-18-8-12(14)19-15(20)10(2)16/h3-8,10H,1-2H3. The fourth-order valence-electron chi connectivity index (χ4n) is 2.26. The highest BCUT2D eigenvalue weighted by Crippen LogP contribution is 2.31. The van der Waals surface area contributed by atoms with Crippen LogP contribution in [0.15, 0.2) is 36.7 Å². The molecule has 0 aliphatic carbocycles. The van der Waals surface area contributed by atoms with Crippen molar-refractivity contribution in [2.45, 2.75) is 19.2 Å². The topological polar surface area (TPSA) is 30.7 Å². The summed E-state index contributed by atoms with van der Waals surface area (Å²) in [6.07, 6.45) is 3.47. The number of aryl methyl sites for hydroxylation is 1. The molecular formula is C15H13Cl2N3. The molecule has 0 aliphatic heterocycles. The van der Waals surface area contributed by atoms with Crippen LogP contribution in [0.25, 0.3) is 16.7 Å². The fourth-order valence-corrected chi connectivity index (χ4v) is 2.73. The Bertz CT molecular complexity index is 778. The monoisotopic (exact) mass is 305 g/mol. The molecule has 0 amide bonds. The van der Waals surface area contributed by atoms with Gasteiger partial charge in [0.25, 0.3) is 0 Å². The van der Waals surface area contributed by atoms with Gasteiger partial charge in [-0.3, -0.25) is 9.55 Å². The third-order valence-corrected chi connectivity index (χ3v) is 3.68. The molecule has 2 aromatic heterocycles. The number of pyridine rings is 1. The molecular weight excluding hydrogens is 293 g/mol. The zero-order valence-electron chi connectivity index (χ0n) is 11.1. The van der Waals surface area contributed by atoms with Crippen molar-refractivity contribution in [1.82, 2.24) is 14.5 Å². The molecule has 0 bridgehead atoms. The van der Waals surface area contributed by atoms with E-state index >= 15 is 0 Å². The Hall–Kier alpha value is -1.58. The zero-order valence-corrected chi connectivity index (χ0v) is 12.7. The van der Waals surface area contributed by atoms with Gasteiger partial charge in [0.05, 0.1) is 27.8 Å². The lowest BCUT2D eigenvalue weighted by atomic mass is 10.2. The van der Waals surface area contributed by atoms with E-state index in [-0.39, 0.29) is 5.38 Å². The fraction of sp³-hybridized carbons (Fsp3) is 0.200. The summed E-state index contributed by atoms with van der Waals surface area (Å²) in [5.74, 6) is 0.764. The van der Waals surface area contributed by atoms with Crippen molar-refractivity contribution in [3.05, 3.63) is 53.1 Å². The number of aromatic nitrogens is 3. The highest BCUT2D eigenvalue weighted by molar-refractivity contribution is 6.32. The van der Waals surface area contributed by atoms with Crippen LogP contribution >= 0.6 is 23.2 Å². The number of rotatable bonds is 2. The molecule has 20 heavy (non-hydrogen) atoms. The number of fused-ring (bicyclic) bond motifs is 1. The molecule has 3 aromatic rings. The molecule has 0 radical (unpaired) electrons. The summed E-state index contributed by atoms with van der Waals surface area (Å²) < 4.78 is 2.00. The van der Waals surface area contributed by atoms with E-state index in [9.17, 15) is 0 Å². The Morgan fingerprint density at radius 1 is 1.25 bits per heavy atom. The van der Waals surface area contributed by atoms with Gasteiger partial charge in [-0.1, -0.05) is 17.7 Å². The number of hydrogen-bond donors (Lipinski definition) is 0. The summed E-state index contributed by atoms with van der Waals surface area (Å²) in [5.41, 5.74) is 3.76. The lowest BCUT2D eigenvalue weighted by Gasteiger charge is -2.12. The molecule has 0 saturated heterocycles. The second-order valence-corrected chi connectivity index (χ2v) is 5.80. The van der Waals surface area contributed by atoms with E-state index in [1.165, 1.54) is 0 Å². The minimum atomic E-state index is -0.222. The lowest BCUT2D eigenvalue weighted by molar-refractivity contribution is 0.882. The molecule has 3 nitrogen and oxygen atoms in total. The Kier molecular flexibility index (Phi) is 3.40. The summed E-state index contributed by atoms with van der Waals surface area (Å²) in [6, 6.07) is 7.87. The van der Waals surface area contributed by atoms with Crippen LogP contribution in [0.5, 0.6) is 0 Å². The molecule has 5 heteroatoms. The first-order valence-electron chi connectivity index (χ1n) is 6.31. The summed E-state index contributed by atoms with van der Waals surface area (Å²) in [7, 11) is 0. The lowest BCUT2D eigenvalue weighted by Crippen LogP contribution is -2.02. The average molecular weight is 306 g/mol. The molecule has 0 N–H and O–H groups in total. The van der Waals surface area contributed by atoms with Crippen LogP contribution in [-0.4, -0.2) is 14.5 Å². The quantitative estimate of drug-likeness (QED) is 0.643. The van der Waals surface area contributed by atoms with Gasteiger partial charge in [0.2, 0.25) is 0 Å². The number of halogens is 2. The van der Waals surface area contributed by atoms with Crippen LogP contribution in [0.2, 0.25) is 5.02 Å². The van der Waals surface area contributed by atoms with Crippen molar-refractivity contribution in [3.63, 3.8) is 0 Å². The molecule has 0 spiro atoms. The third kappa shape index (κ3) is 2.17. The van der Waals surface area contributed by atoms with Crippen molar-refractivity contribution in [2.75, 3.05) is 0 Å². The first-order valence-corrected chi connectivity index (χ1v) is 7.12. The Balaban J connectivity index is 2.36. The largest absolute Gasteiger partial charge is 0.293 e. The van der Waals surface area contributed by atoms with Gasteiger partial charge < -0.3 is 0 Å². The van der Waals surface area contributed by atoms with E-state index < -0.39 is 0 Å². The predicted octanol–water partition coefficient (Wildman–Crippen LogP) is 4.68. The van der Waals surface area contributed by atoms with Gasteiger partial charge in [-0.25, -0.2) is 4.98 Å². The van der Waals surface area contributed by atoms with Crippen LogP contribution in [0.1, 0.15) is 23.7 Å². The van der Waals surface area contributed by atoms with E-state index in [2.05, 4.69) is 9.97 Å². The van der Waals surface area contributed by atoms with E-state index in [0.29, 0.717) is 5.02 Å². The molecule has 1 aromatic carbocycles. The van der Waals surface area contributed by atoms with Crippen molar-refractivity contribution >= 4 is 34.2 Å². The molecule has 2 heterocycles. The number of hydrogen-bond acceptors (Lipinski definition) is 2. The normalized spacial score (nSPS) is 12.8. The summed E-state index contributed by atoms with van der Waals surface area (Å²) >= 11 is 12.7. The maximum absolute atomic E-state index is 6.39. The van der Waals surface area contributed by atoms with Crippen molar-refractivity contribution in [2.24, 2.45) is 0 Å². The van der Waals surface area contributed by atoms with E-state index in [0.717, 1.165) is 28.1 Å². The molecule has 0 saturated carbocycles. The van der Waals surface area contributed by atoms with Gasteiger partial charge in [-0.2, -0.15) is 0 Å². The first kappa shape index (κ1) is 13.4. The maximum Gasteiger partial charge on any atom is 0.132 e. The van der Waals surface area contributed by atoms with Crippen LogP contribution in [0, 0.1) is 6.92 Å². The van der Waals surface area contributed by atoms with Crippen molar-refractivity contribution in [1.29, 1.82) is 0 Å². The van der Waals surface area contributed by atoms with Gasteiger partial charge >= 0.3 is 0 Å². The maximum atomic E-state index is 6.39. The SMILES string of the molecule is Cc1ccc(-n2c(C(C)Cl)nc3cnccc32)c(Cl)c1. The third-order valence-electron chi connectivity index (χ3n) is 3.18. The van der Waals surface area contributed by atoms with E-state index in [4.69, 9.17) is 23.2 Å². The summed E-state index contributed by atoms with van der Waals surface area (Å²) in [4.78, 5) is 8.67. The van der Waals surface area contributed by atoms with E-state index in [1.807, 2.05) is 42.7 Å². The number of nitrogens with zero attached hydrogens (tertiary/aromatic N) is 3. The zero-order chi connectivity index (χ0) is 14.3. The average Bonchev–Trinajstić information content (AvgIpc) is 2.78. The summed E-state index contributed by atoms with van der Waals surface area (Å²) in [6.45, 7) is 3.91. The predicted molar refractivity (Wildman–Crippen MR) is 82.9 cm³/mol. The first-order chi connectivity index (χ1) is 9.58. The van der Waals surface area contributed by atoms with Crippen LogP contribution in [0.4, 0.5) is 0 Å². The van der Waals surface area contributed by atoms with Gasteiger partial charge in [0.1, 0.15) is 11.3 Å². The molecule has 1 unspecified atom stereocenters. The van der Waals surface area contributed by atoms with Gasteiger partial charge in [-0.05, 0) is 37.6 Å². The second kappa shape index (κ2) is 5.08. The van der Waals surface area contributed by atoms with Gasteiger partial charge in [0.15, 0.2) is 0 Å². The highest BCUT2D eigenvalue weighted by atomic mass is 35.5. The van der Waals surface area contributed by atoms with Gasteiger partial charge in [-0.15, -0.1) is 11.6 Å². The molecule has 3 rings (SSSR count). The Labute approximate surface area is 127 Å². The Morgan fingerprint density at radius 2 is 2.05 bits per heavy atom. The molecule has 0 fully saturated rings. The van der Waals surface area contributed by atoms with Gasteiger partial charge in [0, 0.05) is 6.20 Å². The number of imidazole rings is 1. The highest BCUT2D eigenvalue weighted by Gasteiger charge is 2.17.